The SMILES string of the molecule is Cc1ccc2cc(C3C4=C(CC(C)(C)CC4=O)OC4=C3C(=O)CC(C)(C)C4)c(=O)[nH]c2c1. The van der Waals surface area contributed by atoms with Crippen molar-refractivity contribution >= 4 is 22.5 Å². The summed E-state index contributed by atoms with van der Waals surface area (Å²) in [5.41, 5.74) is 2.54. The zero-order valence-corrected chi connectivity index (χ0v) is 19.3. The van der Waals surface area contributed by atoms with Gasteiger partial charge in [0.25, 0.3) is 5.56 Å². The Bertz CT molecular complexity index is 1270. The first-order valence-corrected chi connectivity index (χ1v) is 11.3. The van der Waals surface area contributed by atoms with Crippen LogP contribution in [0.4, 0.5) is 0 Å². The summed E-state index contributed by atoms with van der Waals surface area (Å²) >= 11 is 0. The summed E-state index contributed by atoms with van der Waals surface area (Å²) in [6, 6.07) is 7.74. The highest BCUT2D eigenvalue weighted by Crippen LogP contribution is 2.52. The highest BCUT2D eigenvalue weighted by Gasteiger charge is 2.48. The number of aryl methyl sites for hydroxylation is 1. The molecule has 32 heavy (non-hydrogen) atoms. The van der Waals surface area contributed by atoms with E-state index in [1.807, 2.05) is 31.2 Å². The molecule has 2 heterocycles. The quantitative estimate of drug-likeness (QED) is 0.670. The van der Waals surface area contributed by atoms with Crippen LogP contribution in [0.1, 0.15) is 70.4 Å². The van der Waals surface area contributed by atoms with E-state index < -0.39 is 5.92 Å². The van der Waals surface area contributed by atoms with Crippen molar-refractivity contribution in [1.82, 2.24) is 4.98 Å². The molecular weight excluding hydrogens is 402 g/mol. The Labute approximate surface area is 187 Å². The van der Waals surface area contributed by atoms with Gasteiger partial charge in [-0.15, -0.1) is 0 Å². The standard InChI is InChI=1S/C27H29NO4/c1-14-6-7-15-9-16(25(31)28-17(15)8-14)22-23-18(29)10-26(2,3)12-20(23)32-21-13-27(4,5)11-19(30)24(21)22/h6-9,22H,10-13H2,1-5H3,(H,28,31). The lowest BCUT2D eigenvalue weighted by Crippen LogP contribution is -2.39. The molecule has 2 aliphatic carbocycles. The van der Waals surface area contributed by atoms with Crippen molar-refractivity contribution in [2.24, 2.45) is 10.8 Å². The number of hydrogen-bond donors (Lipinski definition) is 1. The lowest BCUT2D eigenvalue weighted by atomic mass is 9.65. The van der Waals surface area contributed by atoms with Gasteiger partial charge < -0.3 is 9.72 Å². The van der Waals surface area contributed by atoms with E-state index in [9.17, 15) is 14.4 Å². The predicted molar refractivity (Wildman–Crippen MR) is 123 cm³/mol. The van der Waals surface area contributed by atoms with Crippen LogP contribution < -0.4 is 5.56 Å². The van der Waals surface area contributed by atoms with Crippen LogP contribution in [0.5, 0.6) is 0 Å². The Kier molecular flexibility index (Phi) is 4.43. The number of benzene rings is 1. The molecule has 5 heteroatoms. The molecule has 0 saturated heterocycles. The lowest BCUT2D eigenvalue weighted by Gasteiger charge is -2.42. The number of H-pyrrole nitrogens is 1. The Morgan fingerprint density at radius 3 is 1.97 bits per heavy atom. The fraction of sp³-hybridized carbons (Fsp3) is 0.444. The van der Waals surface area contributed by atoms with Crippen molar-refractivity contribution in [1.29, 1.82) is 0 Å². The van der Waals surface area contributed by atoms with Crippen LogP contribution >= 0.6 is 0 Å². The van der Waals surface area contributed by atoms with Gasteiger partial charge in [0.15, 0.2) is 11.6 Å². The average Bonchev–Trinajstić information content (AvgIpc) is 2.63. The highest BCUT2D eigenvalue weighted by atomic mass is 16.5. The molecule has 166 valence electrons. The second-order valence-corrected chi connectivity index (χ2v) is 11.2. The molecule has 1 aliphatic heterocycles. The number of allylic oxidation sites excluding steroid dienone is 4. The number of ether oxygens (including phenoxy) is 1. The monoisotopic (exact) mass is 431 g/mol. The largest absolute Gasteiger partial charge is 0.465 e. The van der Waals surface area contributed by atoms with Crippen LogP contribution in [-0.4, -0.2) is 16.6 Å². The van der Waals surface area contributed by atoms with Gasteiger partial charge >= 0.3 is 0 Å². The molecule has 0 saturated carbocycles. The van der Waals surface area contributed by atoms with Crippen LogP contribution in [0, 0.1) is 17.8 Å². The maximum Gasteiger partial charge on any atom is 0.252 e. The van der Waals surface area contributed by atoms with Gasteiger partial charge in [-0.3, -0.25) is 14.4 Å². The van der Waals surface area contributed by atoms with Crippen molar-refractivity contribution < 1.29 is 14.3 Å². The first-order valence-electron chi connectivity index (χ1n) is 11.3. The number of hydrogen-bond acceptors (Lipinski definition) is 4. The molecule has 3 aliphatic rings. The molecule has 0 radical (unpaired) electrons. The summed E-state index contributed by atoms with van der Waals surface area (Å²) in [7, 11) is 0. The summed E-state index contributed by atoms with van der Waals surface area (Å²) < 4.78 is 6.31. The zero-order chi connectivity index (χ0) is 23.0. The fourth-order valence-electron chi connectivity index (χ4n) is 5.53. The number of ketones is 2. The zero-order valence-electron chi connectivity index (χ0n) is 19.3. The molecule has 0 atom stereocenters. The van der Waals surface area contributed by atoms with Crippen LogP contribution in [0.15, 0.2) is 51.7 Å². The first-order chi connectivity index (χ1) is 14.9. The molecule has 0 amide bonds. The van der Waals surface area contributed by atoms with E-state index in [-0.39, 0.29) is 28.0 Å². The topological polar surface area (TPSA) is 76.2 Å². The summed E-state index contributed by atoms with van der Waals surface area (Å²) in [5, 5.41) is 0.883. The van der Waals surface area contributed by atoms with E-state index in [0.717, 1.165) is 16.5 Å². The van der Waals surface area contributed by atoms with Gasteiger partial charge in [-0.2, -0.15) is 0 Å². The van der Waals surface area contributed by atoms with E-state index in [4.69, 9.17) is 4.74 Å². The molecule has 5 rings (SSSR count). The number of fused-ring (bicyclic) bond motifs is 1. The van der Waals surface area contributed by atoms with Gasteiger partial charge in [-0.05, 0) is 40.8 Å². The fourth-order valence-corrected chi connectivity index (χ4v) is 5.53. The maximum absolute atomic E-state index is 13.4. The molecule has 5 nitrogen and oxygen atoms in total. The summed E-state index contributed by atoms with van der Waals surface area (Å²) in [6.45, 7) is 10.2. The third kappa shape index (κ3) is 3.35. The molecule has 0 spiro atoms. The number of nitrogens with one attached hydrogen (secondary N) is 1. The number of aromatic amines is 1. The number of Topliss-reactive ketones (excluding diaryl/α,β-unsaturated/α-hetero) is 2. The summed E-state index contributed by atoms with van der Waals surface area (Å²) in [4.78, 5) is 43.0. The third-order valence-electron chi connectivity index (χ3n) is 6.92. The van der Waals surface area contributed by atoms with E-state index in [2.05, 4.69) is 32.7 Å². The molecular formula is C27H29NO4. The molecule has 1 aromatic heterocycles. The van der Waals surface area contributed by atoms with Crippen molar-refractivity contribution in [3.05, 3.63) is 68.4 Å². The van der Waals surface area contributed by atoms with E-state index in [0.29, 0.717) is 53.9 Å². The number of carbonyl (C=O) groups is 2. The van der Waals surface area contributed by atoms with E-state index in [1.165, 1.54) is 0 Å². The molecule has 0 fully saturated rings. The summed E-state index contributed by atoms with van der Waals surface area (Å²) in [5.74, 6) is 0.519. The van der Waals surface area contributed by atoms with E-state index >= 15 is 0 Å². The second kappa shape index (κ2) is 6.77. The van der Waals surface area contributed by atoms with Gasteiger partial charge in [0.1, 0.15) is 11.5 Å². The smallest absolute Gasteiger partial charge is 0.252 e. The molecule has 1 aromatic carbocycles. The van der Waals surface area contributed by atoms with Gasteiger partial charge in [-0.1, -0.05) is 39.8 Å². The van der Waals surface area contributed by atoms with Gasteiger partial charge in [0, 0.05) is 47.9 Å². The van der Waals surface area contributed by atoms with Gasteiger partial charge in [0.2, 0.25) is 0 Å². The van der Waals surface area contributed by atoms with Crippen molar-refractivity contribution in [3.8, 4) is 0 Å². The summed E-state index contributed by atoms with van der Waals surface area (Å²) in [6.07, 6.45) is 1.97. The number of carbonyl (C=O) groups excluding carboxylic acids is 2. The Morgan fingerprint density at radius 2 is 1.41 bits per heavy atom. The molecule has 0 unspecified atom stereocenters. The van der Waals surface area contributed by atoms with Crippen molar-refractivity contribution in [2.75, 3.05) is 0 Å². The first kappa shape index (κ1) is 20.9. The number of rotatable bonds is 1. The minimum atomic E-state index is -0.671. The lowest BCUT2D eigenvalue weighted by molar-refractivity contribution is -0.120. The van der Waals surface area contributed by atoms with Crippen LogP contribution in [0.2, 0.25) is 0 Å². The normalized spacial score (nSPS) is 22.7. The van der Waals surface area contributed by atoms with Crippen LogP contribution in [-0.2, 0) is 14.3 Å². The Morgan fingerprint density at radius 1 is 0.844 bits per heavy atom. The minimum Gasteiger partial charge on any atom is -0.465 e. The van der Waals surface area contributed by atoms with Crippen LogP contribution in [0.25, 0.3) is 10.9 Å². The highest BCUT2D eigenvalue weighted by molar-refractivity contribution is 6.06. The number of pyridine rings is 1. The average molecular weight is 432 g/mol. The second-order valence-electron chi connectivity index (χ2n) is 11.2. The van der Waals surface area contributed by atoms with Gasteiger partial charge in [-0.25, -0.2) is 0 Å². The Hall–Kier alpha value is -2.95. The molecule has 1 N–H and O–H groups in total. The number of aromatic nitrogens is 1. The van der Waals surface area contributed by atoms with E-state index in [1.54, 1.807) is 0 Å². The molecule has 2 aromatic rings. The van der Waals surface area contributed by atoms with Crippen molar-refractivity contribution in [2.45, 2.75) is 66.2 Å². The van der Waals surface area contributed by atoms with Gasteiger partial charge in [0.05, 0.1) is 5.92 Å². The maximum atomic E-state index is 13.4. The molecule has 0 bridgehead atoms. The van der Waals surface area contributed by atoms with Crippen LogP contribution in [0.3, 0.4) is 0 Å². The predicted octanol–water partition coefficient (Wildman–Crippen LogP) is 5.24. The third-order valence-corrected chi connectivity index (χ3v) is 6.92. The van der Waals surface area contributed by atoms with Crippen molar-refractivity contribution in [3.63, 3.8) is 0 Å². The Balaban J connectivity index is 1.77. The minimum absolute atomic E-state index is 0.0335.